The van der Waals surface area contributed by atoms with Gasteiger partial charge in [-0.2, -0.15) is 0 Å². The van der Waals surface area contributed by atoms with Gasteiger partial charge in [-0.25, -0.2) is 8.78 Å². The number of halogens is 2. The van der Waals surface area contributed by atoms with Crippen LogP contribution in [0.4, 0.5) is 8.78 Å². The van der Waals surface area contributed by atoms with Gasteiger partial charge >= 0.3 is 0 Å². The molecule has 0 aliphatic rings. The van der Waals surface area contributed by atoms with E-state index in [4.69, 9.17) is 0 Å². The highest BCUT2D eigenvalue weighted by molar-refractivity contribution is 5.14. The molecule has 1 N–H and O–H groups in total. The Morgan fingerprint density at radius 2 is 1.83 bits per heavy atom. The van der Waals surface area contributed by atoms with E-state index >= 15 is 0 Å². The molecule has 1 rings (SSSR count). The molecule has 0 unspecified atom stereocenters. The molecule has 0 spiro atoms. The van der Waals surface area contributed by atoms with E-state index in [2.05, 4.69) is 5.32 Å². The fourth-order valence-corrected chi connectivity index (χ4v) is 1.76. The molecule has 0 heterocycles. The molecule has 102 valence electrons. The van der Waals surface area contributed by atoms with Gasteiger partial charge in [0, 0.05) is 12.6 Å². The molecule has 0 aliphatic heterocycles. The van der Waals surface area contributed by atoms with E-state index in [0.717, 1.165) is 5.56 Å². The predicted molar refractivity (Wildman–Crippen MR) is 70.9 cm³/mol. The van der Waals surface area contributed by atoms with Crippen molar-refractivity contribution in [1.82, 2.24) is 10.2 Å². The Labute approximate surface area is 108 Å². The van der Waals surface area contributed by atoms with Crippen LogP contribution in [0.15, 0.2) is 30.3 Å². The predicted octanol–water partition coefficient (Wildman–Crippen LogP) is 2.75. The first kappa shape index (κ1) is 15.1. The highest BCUT2D eigenvalue weighted by Crippen LogP contribution is 2.15. The summed E-state index contributed by atoms with van der Waals surface area (Å²) in [7, 11) is 1.72. The molecule has 1 aromatic rings. The van der Waals surface area contributed by atoms with E-state index in [1.807, 2.05) is 44.2 Å². The quantitative estimate of drug-likeness (QED) is 0.807. The van der Waals surface area contributed by atoms with Crippen LogP contribution in [0.2, 0.25) is 0 Å². The normalized spacial score (nSPS) is 12.4. The van der Waals surface area contributed by atoms with Crippen molar-refractivity contribution in [2.24, 2.45) is 0 Å². The number of nitrogens with zero attached hydrogens (tertiary/aromatic N) is 1. The molecule has 18 heavy (non-hydrogen) atoms. The van der Waals surface area contributed by atoms with E-state index in [-0.39, 0.29) is 19.1 Å². The molecule has 0 bridgehead atoms. The second-order valence-electron chi connectivity index (χ2n) is 5.05. The third kappa shape index (κ3) is 6.07. The maximum absolute atomic E-state index is 13.6. The van der Waals surface area contributed by atoms with Crippen LogP contribution in [0.25, 0.3) is 0 Å². The van der Waals surface area contributed by atoms with Crippen LogP contribution in [-0.4, -0.2) is 37.0 Å². The van der Waals surface area contributed by atoms with Gasteiger partial charge in [-0.05, 0) is 12.6 Å². The van der Waals surface area contributed by atoms with Crippen molar-refractivity contribution in [2.45, 2.75) is 32.4 Å². The molecule has 0 atom stereocenters. The first-order valence-electron chi connectivity index (χ1n) is 6.23. The van der Waals surface area contributed by atoms with E-state index in [9.17, 15) is 8.78 Å². The highest BCUT2D eigenvalue weighted by atomic mass is 19.3. The van der Waals surface area contributed by atoms with Crippen molar-refractivity contribution in [1.29, 1.82) is 0 Å². The topological polar surface area (TPSA) is 15.3 Å². The minimum Gasteiger partial charge on any atom is -0.309 e. The smallest absolute Gasteiger partial charge is 0.272 e. The van der Waals surface area contributed by atoms with Gasteiger partial charge in [0.25, 0.3) is 5.92 Å². The Bertz CT molecular complexity index is 339. The summed E-state index contributed by atoms with van der Waals surface area (Å²) in [5.74, 6) is -2.70. The summed E-state index contributed by atoms with van der Waals surface area (Å²) in [6, 6.07) is 9.73. The van der Waals surface area contributed by atoms with E-state index < -0.39 is 5.92 Å². The lowest BCUT2D eigenvalue weighted by atomic mass is 10.2. The number of hydrogen-bond donors (Lipinski definition) is 1. The van der Waals surface area contributed by atoms with Crippen LogP contribution in [0.3, 0.4) is 0 Å². The van der Waals surface area contributed by atoms with Gasteiger partial charge in [0.2, 0.25) is 0 Å². The number of nitrogens with one attached hydrogen (secondary N) is 1. The molecule has 0 aromatic heterocycles. The summed E-state index contributed by atoms with van der Waals surface area (Å²) in [5, 5.41) is 2.78. The van der Waals surface area contributed by atoms with Gasteiger partial charge < -0.3 is 5.32 Å². The summed E-state index contributed by atoms with van der Waals surface area (Å²) in [4.78, 5) is 1.65. The summed E-state index contributed by atoms with van der Waals surface area (Å²) in [6.07, 6.45) is 0. The molecule has 0 saturated heterocycles. The Balaban J connectivity index is 2.41. The minimum atomic E-state index is -2.70. The number of benzene rings is 1. The number of rotatable bonds is 7. The zero-order chi connectivity index (χ0) is 13.6. The molecule has 0 amide bonds. The fourth-order valence-electron chi connectivity index (χ4n) is 1.76. The van der Waals surface area contributed by atoms with Gasteiger partial charge in [-0.1, -0.05) is 44.2 Å². The first-order chi connectivity index (χ1) is 8.39. The maximum Gasteiger partial charge on any atom is 0.272 e. The summed E-state index contributed by atoms with van der Waals surface area (Å²) < 4.78 is 27.3. The third-order valence-corrected chi connectivity index (χ3v) is 2.57. The minimum absolute atomic E-state index is 0.0790. The summed E-state index contributed by atoms with van der Waals surface area (Å²) in [5.41, 5.74) is 1.05. The van der Waals surface area contributed by atoms with Crippen LogP contribution in [0, 0.1) is 0 Å². The van der Waals surface area contributed by atoms with E-state index in [1.165, 1.54) is 0 Å². The average Bonchev–Trinajstić information content (AvgIpc) is 2.27. The van der Waals surface area contributed by atoms with Crippen LogP contribution in [0.5, 0.6) is 0 Å². The monoisotopic (exact) mass is 256 g/mol. The van der Waals surface area contributed by atoms with Gasteiger partial charge in [0.1, 0.15) is 0 Å². The van der Waals surface area contributed by atoms with Crippen LogP contribution in [-0.2, 0) is 6.54 Å². The van der Waals surface area contributed by atoms with Crippen molar-refractivity contribution >= 4 is 0 Å². The van der Waals surface area contributed by atoms with Crippen LogP contribution >= 0.6 is 0 Å². The fraction of sp³-hybridized carbons (Fsp3) is 0.571. The van der Waals surface area contributed by atoms with Gasteiger partial charge in [-0.3, -0.25) is 4.90 Å². The second-order valence-corrected chi connectivity index (χ2v) is 5.05. The highest BCUT2D eigenvalue weighted by Gasteiger charge is 2.30. The Hall–Kier alpha value is -1.00. The third-order valence-electron chi connectivity index (χ3n) is 2.57. The van der Waals surface area contributed by atoms with Gasteiger partial charge in [-0.15, -0.1) is 0 Å². The van der Waals surface area contributed by atoms with Crippen LogP contribution in [0.1, 0.15) is 19.4 Å². The lowest BCUT2D eigenvalue weighted by Crippen LogP contribution is -2.43. The van der Waals surface area contributed by atoms with Crippen molar-refractivity contribution in [3.63, 3.8) is 0 Å². The molecular weight excluding hydrogens is 234 g/mol. The van der Waals surface area contributed by atoms with Crippen molar-refractivity contribution in [3.05, 3.63) is 35.9 Å². The zero-order valence-corrected chi connectivity index (χ0v) is 11.3. The molecule has 4 heteroatoms. The average molecular weight is 256 g/mol. The zero-order valence-electron chi connectivity index (χ0n) is 11.3. The van der Waals surface area contributed by atoms with E-state index in [1.54, 1.807) is 11.9 Å². The summed E-state index contributed by atoms with van der Waals surface area (Å²) >= 11 is 0. The van der Waals surface area contributed by atoms with Crippen LogP contribution < -0.4 is 5.32 Å². The number of hydrogen-bond acceptors (Lipinski definition) is 2. The lowest BCUT2D eigenvalue weighted by molar-refractivity contribution is -0.0278. The Morgan fingerprint density at radius 3 is 2.39 bits per heavy atom. The second kappa shape index (κ2) is 6.81. The van der Waals surface area contributed by atoms with Crippen molar-refractivity contribution in [2.75, 3.05) is 20.1 Å². The molecule has 2 nitrogen and oxygen atoms in total. The van der Waals surface area contributed by atoms with E-state index in [0.29, 0.717) is 6.54 Å². The molecule has 0 radical (unpaired) electrons. The largest absolute Gasteiger partial charge is 0.309 e. The SMILES string of the molecule is CC(C)NCC(F)(F)CN(C)Cc1ccccc1. The van der Waals surface area contributed by atoms with Crippen molar-refractivity contribution < 1.29 is 8.78 Å². The molecule has 0 saturated carbocycles. The number of alkyl halides is 2. The summed E-state index contributed by atoms with van der Waals surface area (Å²) in [6.45, 7) is 3.76. The Morgan fingerprint density at radius 1 is 1.22 bits per heavy atom. The van der Waals surface area contributed by atoms with Crippen molar-refractivity contribution in [3.8, 4) is 0 Å². The molecule has 0 aliphatic carbocycles. The van der Waals surface area contributed by atoms with Gasteiger partial charge in [0.15, 0.2) is 0 Å². The first-order valence-corrected chi connectivity index (χ1v) is 6.23. The Kier molecular flexibility index (Phi) is 5.69. The molecule has 0 fully saturated rings. The lowest BCUT2D eigenvalue weighted by Gasteiger charge is -2.25. The molecular formula is C14H22F2N2. The van der Waals surface area contributed by atoms with Gasteiger partial charge in [0.05, 0.1) is 13.1 Å². The molecule has 1 aromatic carbocycles. The maximum atomic E-state index is 13.6. The standard InChI is InChI=1S/C14H22F2N2/c1-12(2)17-10-14(15,16)11-18(3)9-13-7-5-4-6-8-13/h4-8,12,17H,9-11H2,1-3H3.